The molecule has 0 saturated heterocycles. The SMILES string of the molecule is CCOC(C)OC(=O)CCC(C)C1CCC2C3CCC(CC(O)CC)C(C)(C)C3CCC12C. The van der Waals surface area contributed by atoms with Crippen LogP contribution in [0.3, 0.4) is 0 Å². The first-order chi connectivity index (χ1) is 15.5. The van der Waals surface area contributed by atoms with E-state index in [2.05, 4.69) is 34.6 Å². The van der Waals surface area contributed by atoms with Crippen LogP contribution < -0.4 is 0 Å². The molecule has 3 aliphatic rings. The van der Waals surface area contributed by atoms with Crippen molar-refractivity contribution in [2.75, 3.05) is 6.61 Å². The van der Waals surface area contributed by atoms with Crippen LogP contribution in [0.1, 0.15) is 113 Å². The van der Waals surface area contributed by atoms with Crippen molar-refractivity contribution in [3.8, 4) is 0 Å². The summed E-state index contributed by atoms with van der Waals surface area (Å²) in [4.78, 5) is 12.3. The minimum Gasteiger partial charge on any atom is -0.436 e. The zero-order valence-electron chi connectivity index (χ0n) is 22.6. The highest BCUT2D eigenvalue weighted by atomic mass is 16.7. The van der Waals surface area contributed by atoms with Crippen molar-refractivity contribution in [3.05, 3.63) is 0 Å². The Morgan fingerprint density at radius 3 is 2.42 bits per heavy atom. The van der Waals surface area contributed by atoms with Crippen molar-refractivity contribution in [2.45, 2.75) is 125 Å². The fourth-order valence-electron chi connectivity index (χ4n) is 8.63. The summed E-state index contributed by atoms with van der Waals surface area (Å²) >= 11 is 0. The Labute approximate surface area is 203 Å². The minimum absolute atomic E-state index is 0.124. The maximum absolute atomic E-state index is 12.3. The number of ether oxygens (including phenoxy) is 2. The molecule has 3 fully saturated rings. The van der Waals surface area contributed by atoms with Crippen LogP contribution in [0.2, 0.25) is 0 Å². The quantitative estimate of drug-likeness (QED) is 0.280. The standard InChI is InChI=1S/C29H52O4/c1-8-22(30)18-21-11-12-23-25(28(21,5)6)16-17-29(7)24(13-14-26(23)29)19(3)10-15-27(31)33-20(4)32-9-2/h19-26,30H,8-18H2,1-7H3. The molecule has 3 saturated carbocycles. The van der Waals surface area contributed by atoms with E-state index in [-0.39, 0.29) is 12.1 Å². The fourth-order valence-corrected chi connectivity index (χ4v) is 8.63. The second kappa shape index (κ2) is 11.0. The van der Waals surface area contributed by atoms with E-state index >= 15 is 0 Å². The van der Waals surface area contributed by atoms with Crippen molar-refractivity contribution in [1.29, 1.82) is 0 Å². The number of carbonyl (C=O) groups is 1. The number of hydrogen-bond acceptors (Lipinski definition) is 4. The van der Waals surface area contributed by atoms with Gasteiger partial charge in [0, 0.05) is 13.0 Å². The normalized spacial score (nSPS) is 38.1. The molecule has 0 aromatic heterocycles. The van der Waals surface area contributed by atoms with Crippen molar-refractivity contribution >= 4 is 5.97 Å². The molecule has 0 heterocycles. The van der Waals surface area contributed by atoms with E-state index in [1.807, 2.05) is 6.92 Å². The van der Waals surface area contributed by atoms with Crippen molar-refractivity contribution in [3.63, 3.8) is 0 Å². The molecule has 9 atom stereocenters. The highest BCUT2D eigenvalue weighted by Gasteiger charge is 2.58. The largest absolute Gasteiger partial charge is 0.436 e. The van der Waals surface area contributed by atoms with Gasteiger partial charge in [0.25, 0.3) is 0 Å². The number of aliphatic hydroxyl groups excluding tert-OH is 1. The first-order valence-electron chi connectivity index (χ1n) is 14.0. The van der Waals surface area contributed by atoms with E-state index in [0.29, 0.717) is 41.6 Å². The van der Waals surface area contributed by atoms with Crippen LogP contribution in [0.15, 0.2) is 0 Å². The number of rotatable bonds is 10. The highest BCUT2D eigenvalue weighted by molar-refractivity contribution is 5.69. The molecular formula is C29H52O4. The van der Waals surface area contributed by atoms with Gasteiger partial charge in [0.05, 0.1) is 6.10 Å². The van der Waals surface area contributed by atoms with Crippen LogP contribution in [-0.4, -0.2) is 30.1 Å². The maximum Gasteiger partial charge on any atom is 0.308 e. The van der Waals surface area contributed by atoms with Crippen LogP contribution in [0.5, 0.6) is 0 Å². The smallest absolute Gasteiger partial charge is 0.308 e. The third-order valence-electron chi connectivity index (χ3n) is 10.6. The van der Waals surface area contributed by atoms with Crippen LogP contribution in [0.25, 0.3) is 0 Å². The van der Waals surface area contributed by atoms with E-state index in [9.17, 15) is 9.90 Å². The molecule has 0 aliphatic heterocycles. The van der Waals surface area contributed by atoms with Gasteiger partial charge < -0.3 is 14.6 Å². The summed E-state index contributed by atoms with van der Waals surface area (Å²) in [5.74, 6) is 4.24. The summed E-state index contributed by atoms with van der Waals surface area (Å²) in [5.41, 5.74) is 0.736. The Morgan fingerprint density at radius 2 is 1.76 bits per heavy atom. The minimum atomic E-state index is -0.446. The summed E-state index contributed by atoms with van der Waals surface area (Å²) in [7, 11) is 0. The molecule has 0 aromatic carbocycles. The first-order valence-corrected chi connectivity index (χ1v) is 14.0. The van der Waals surface area contributed by atoms with Crippen molar-refractivity contribution in [1.82, 2.24) is 0 Å². The Bertz CT molecular complexity index is 646. The molecule has 0 bridgehead atoms. The fraction of sp³-hybridized carbons (Fsp3) is 0.966. The Kier molecular flexibility index (Phi) is 8.98. The second-order valence-corrected chi connectivity index (χ2v) is 12.5. The number of fused-ring (bicyclic) bond motifs is 3. The third kappa shape index (κ3) is 5.63. The zero-order valence-corrected chi connectivity index (χ0v) is 22.6. The molecule has 1 N–H and O–H groups in total. The lowest BCUT2D eigenvalue weighted by molar-refractivity contribution is -0.174. The van der Waals surface area contributed by atoms with Gasteiger partial charge in [-0.05, 0) is 118 Å². The first kappa shape index (κ1) is 27.0. The van der Waals surface area contributed by atoms with E-state index in [0.717, 1.165) is 37.0 Å². The van der Waals surface area contributed by atoms with E-state index in [1.54, 1.807) is 6.92 Å². The van der Waals surface area contributed by atoms with Gasteiger partial charge in [0.15, 0.2) is 6.29 Å². The lowest BCUT2D eigenvalue weighted by Gasteiger charge is -2.59. The van der Waals surface area contributed by atoms with Gasteiger partial charge in [-0.15, -0.1) is 0 Å². The van der Waals surface area contributed by atoms with E-state index in [1.165, 1.54) is 38.5 Å². The highest BCUT2D eigenvalue weighted by Crippen LogP contribution is 2.66. The van der Waals surface area contributed by atoms with Crippen LogP contribution in [0.4, 0.5) is 0 Å². The molecule has 33 heavy (non-hydrogen) atoms. The average molecular weight is 465 g/mol. The van der Waals surface area contributed by atoms with Crippen molar-refractivity contribution < 1.29 is 19.4 Å². The number of aliphatic hydroxyl groups is 1. The summed E-state index contributed by atoms with van der Waals surface area (Å²) < 4.78 is 10.7. The number of carbonyl (C=O) groups excluding carboxylic acids is 1. The molecule has 192 valence electrons. The molecule has 4 nitrogen and oxygen atoms in total. The number of esters is 1. The molecule has 0 aromatic rings. The second-order valence-electron chi connectivity index (χ2n) is 12.5. The Balaban J connectivity index is 1.61. The van der Waals surface area contributed by atoms with E-state index < -0.39 is 6.29 Å². The molecule has 9 unspecified atom stereocenters. The van der Waals surface area contributed by atoms with Crippen LogP contribution in [0, 0.1) is 46.3 Å². The molecule has 0 amide bonds. The average Bonchev–Trinajstić information content (AvgIpc) is 3.11. The van der Waals surface area contributed by atoms with Gasteiger partial charge in [0.1, 0.15) is 0 Å². The monoisotopic (exact) mass is 464 g/mol. The predicted molar refractivity (Wildman–Crippen MR) is 134 cm³/mol. The molecule has 3 aliphatic carbocycles. The molecule has 0 spiro atoms. The lowest BCUT2D eigenvalue weighted by Crippen LogP contribution is -2.51. The Hall–Kier alpha value is -0.610. The molecular weight excluding hydrogens is 412 g/mol. The molecule has 4 heteroatoms. The molecule has 3 rings (SSSR count). The summed E-state index contributed by atoms with van der Waals surface area (Å²) in [5, 5.41) is 10.4. The summed E-state index contributed by atoms with van der Waals surface area (Å²) in [6.45, 7) is 16.3. The van der Waals surface area contributed by atoms with Gasteiger partial charge in [-0.25, -0.2) is 0 Å². The Morgan fingerprint density at radius 1 is 1.03 bits per heavy atom. The van der Waals surface area contributed by atoms with Gasteiger partial charge in [-0.1, -0.05) is 34.6 Å². The number of hydrogen-bond donors (Lipinski definition) is 1. The summed E-state index contributed by atoms with van der Waals surface area (Å²) in [6, 6.07) is 0. The van der Waals surface area contributed by atoms with Crippen molar-refractivity contribution in [2.24, 2.45) is 46.3 Å². The van der Waals surface area contributed by atoms with Gasteiger partial charge in [-0.3, -0.25) is 4.79 Å². The zero-order chi connectivity index (χ0) is 24.4. The topological polar surface area (TPSA) is 55.8 Å². The van der Waals surface area contributed by atoms with Crippen LogP contribution >= 0.6 is 0 Å². The van der Waals surface area contributed by atoms with Gasteiger partial charge >= 0.3 is 5.97 Å². The van der Waals surface area contributed by atoms with Crippen LogP contribution in [-0.2, 0) is 14.3 Å². The van der Waals surface area contributed by atoms with Gasteiger partial charge in [0.2, 0.25) is 0 Å². The maximum atomic E-state index is 12.3. The lowest BCUT2D eigenvalue weighted by atomic mass is 9.46. The molecule has 0 radical (unpaired) electrons. The third-order valence-corrected chi connectivity index (χ3v) is 10.6. The predicted octanol–water partition coefficient (Wildman–Crippen LogP) is 6.98. The van der Waals surface area contributed by atoms with Gasteiger partial charge in [-0.2, -0.15) is 0 Å². The summed E-state index contributed by atoms with van der Waals surface area (Å²) in [6.07, 6.45) is 10.6. The van der Waals surface area contributed by atoms with E-state index in [4.69, 9.17) is 9.47 Å².